The van der Waals surface area contributed by atoms with E-state index in [1.807, 2.05) is 0 Å². The zero-order chi connectivity index (χ0) is 13.3. The van der Waals surface area contributed by atoms with Crippen molar-refractivity contribution in [3.63, 3.8) is 0 Å². The van der Waals surface area contributed by atoms with E-state index in [1.54, 1.807) is 6.20 Å². The maximum atomic E-state index is 6.38. The SMILES string of the molecule is CCNC1CCC(C)(c2c(Cl)cnn2C(C)C)C1. The Kier molecular flexibility index (Phi) is 4.02. The minimum Gasteiger partial charge on any atom is -0.314 e. The molecule has 2 unspecified atom stereocenters. The molecule has 0 aliphatic heterocycles. The fraction of sp³-hybridized carbons (Fsp3) is 0.786. The summed E-state index contributed by atoms with van der Waals surface area (Å²) < 4.78 is 2.09. The topological polar surface area (TPSA) is 29.9 Å². The van der Waals surface area contributed by atoms with Crippen molar-refractivity contribution in [3.8, 4) is 0 Å². The van der Waals surface area contributed by atoms with Gasteiger partial charge in [0, 0.05) is 17.5 Å². The molecule has 1 aliphatic rings. The Hall–Kier alpha value is -0.540. The molecule has 0 spiro atoms. The predicted octanol–water partition coefficient (Wildman–Crippen LogP) is 3.54. The lowest BCUT2D eigenvalue weighted by atomic mass is 9.84. The van der Waals surface area contributed by atoms with Crippen LogP contribution in [0, 0.1) is 0 Å². The van der Waals surface area contributed by atoms with Crippen molar-refractivity contribution in [1.82, 2.24) is 15.1 Å². The average Bonchev–Trinajstić information content (AvgIpc) is 2.84. The predicted molar refractivity (Wildman–Crippen MR) is 76.3 cm³/mol. The van der Waals surface area contributed by atoms with E-state index >= 15 is 0 Å². The van der Waals surface area contributed by atoms with Crippen LogP contribution >= 0.6 is 11.6 Å². The normalized spacial score (nSPS) is 28.2. The molecule has 4 heteroatoms. The van der Waals surface area contributed by atoms with Gasteiger partial charge in [-0.2, -0.15) is 5.10 Å². The molecule has 1 saturated carbocycles. The van der Waals surface area contributed by atoms with Crippen LogP contribution in [0.25, 0.3) is 0 Å². The summed E-state index contributed by atoms with van der Waals surface area (Å²) in [5.41, 5.74) is 1.38. The molecule has 1 fully saturated rings. The van der Waals surface area contributed by atoms with E-state index in [0.29, 0.717) is 12.1 Å². The van der Waals surface area contributed by atoms with Gasteiger partial charge in [-0.3, -0.25) is 4.68 Å². The Labute approximate surface area is 115 Å². The molecule has 0 amide bonds. The number of halogens is 1. The highest BCUT2D eigenvalue weighted by molar-refractivity contribution is 6.31. The molecule has 0 bridgehead atoms. The van der Waals surface area contributed by atoms with Crippen LogP contribution in [0.4, 0.5) is 0 Å². The largest absolute Gasteiger partial charge is 0.314 e. The van der Waals surface area contributed by atoms with Gasteiger partial charge in [-0.05, 0) is 39.7 Å². The van der Waals surface area contributed by atoms with E-state index in [0.717, 1.165) is 18.0 Å². The Morgan fingerprint density at radius 2 is 2.33 bits per heavy atom. The van der Waals surface area contributed by atoms with Crippen LogP contribution in [-0.4, -0.2) is 22.4 Å². The van der Waals surface area contributed by atoms with Gasteiger partial charge < -0.3 is 5.32 Å². The number of rotatable bonds is 4. The quantitative estimate of drug-likeness (QED) is 0.906. The van der Waals surface area contributed by atoms with E-state index in [4.69, 9.17) is 11.6 Å². The first-order valence-corrected chi connectivity index (χ1v) is 7.32. The summed E-state index contributed by atoms with van der Waals surface area (Å²) in [6.07, 6.45) is 5.36. The van der Waals surface area contributed by atoms with Crippen molar-refractivity contribution in [2.45, 2.75) is 64.5 Å². The maximum Gasteiger partial charge on any atom is 0.0823 e. The lowest BCUT2D eigenvalue weighted by Gasteiger charge is -2.27. The van der Waals surface area contributed by atoms with Gasteiger partial charge in [0.15, 0.2) is 0 Å². The molecule has 1 N–H and O–H groups in total. The van der Waals surface area contributed by atoms with Crippen molar-refractivity contribution in [3.05, 3.63) is 16.9 Å². The lowest BCUT2D eigenvalue weighted by molar-refractivity contribution is 0.394. The summed E-state index contributed by atoms with van der Waals surface area (Å²) in [5, 5.41) is 8.82. The molecular weight excluding hydrogens is 246 g/mol. The smallest absolute Gasteiger partial charge is 0.0823 e. The number of aromatic nitrogens is 2. The van der Waals surface area contributed by atoms with Crippen LogP contribution in [0.2, 0.25) is 5.02 Å². The highest BCUT2D eigenvalue weighted by atomic mass is 35.5. The minimum atomic E-state index is 0.157. The average molecular weight is 270 g/mol. The van der Waals surface area contributed by atoms with Crippen LogP contribution in [-0.2, 0) is 5.41 Å². The van der Waals surface area contributed by atoms with E-state index in [9.17, 15) is 0 Å². The standard InChI is InChI=1S/C14H24ClN3/c1-5-16-11-6-7-14(4,8-11)13-12(15)9-17-18(13)10(2)3/h9-11,16H,5-8H2,1-4H3. The molecular formula is C14H24ClN3. The van der Waals surface area contributed by atoms with E-state index in [1.165, 1.54) is 18.5 Å². The molecule has 2 rings (SSSR count). The molecule has 1 aromatic heterocycles. The second-order valence-electron chi connectivity index (χ2n) is 5.94. The van der Waals surface area contributed by atoms with Gasteiger partial charge in [0.25, 0.3) is 0 Å². The first-order chi connectivity index (χ1) is 8.48. The van der Waals surface area contributed by atoms with Gasteiger partial charge in [-0.25, -0.2) is 0 Å². The van der Waals surface area contributed by atoms with Gasteiger partial charge in [0.05, 0.1) is 16.9 Å². The Morgan fingerprint density at radius 1 is 1.61 bits per heavy atom. The molecule has 0 radical (unpaired) electrons. The molecule has 3 nitrogen and oxygen atoms in total. The van der Waals surface area contributed by atoms with Crippen molar-refractivity contribution in [1.29, 1.82) is 0 Å². The van der Waals surface area contributed by atoms with Crippen LogP contribution in [0.5, 0.6) is 0 Å². The molecule has 1 aromatic rings. The van der Waals surface area contributed by atoms with Crippen molar-refractivity contribution in [2.24, 2.45) is 0 Å². The van der Waals surface area contributed by atoms with E-state index in [2.05, 4.69) is 42.8 Å². The van der Waals surface area contributed by atoms with Gasteiger partial charge in [0.2, 0.25) is 0 Å². The number of nitrogens with one attached hydrogen (secondary N) is 1. The summed E-state index contributed by atoms with van der Waals surface area (Å²) in [5.74, 6) is 0. The molecule has 2 atom stereocenters. The molecule has 18 heavy (non-hydrogen) atoms. The third-order valence-corrected chi connectivity index (χ3v) is 4.32. The van der Waals surface area contributed by atoms with Crippen LogP contribution in [0.3, 0.4) is 0 Å². The van der Waals surface area contributed by atoms with Crippen molar-refractivity contribution >= 4 is 11.6 Å². The summed E-state index contributed by atoms with van der Waals surface area (Å²) in [7, 11) is 0. The Bertz CT molecular complexity index is 413. The highest BCUT2D eigenvalue weighted by Crippen LogP contribution is 2.44. The van der Waals surface area contributed by atoms with E-state index in [-0.39, 0.29) is 5.41 Å². The van der Waals surface area contributed by atoms with E-state index < -0.39 is 0 Å². The van der Waals surface area contributed by atoms with Crippen molar-refractivity contribution < 1.29 is 0 Å². The summed E-state index contributed by atoms with van der Waals surface area (Å²) >= 11 is 6.38. The van der Waals surface area contributed by atoms with Gasteiger partial charge in [-0.1, -0.05) is 25.4 Å². The fourth-order valence-electron chi connectivity index (χ4n) is 3.22. The third kappa shape index (κ3) is 2.43. The molecule has 102 valence electrons. The second-order valence-corrected chi connectivity index (χ2v) is 6.34. The monoisotopic (exact) mass is 269 g/mol. The zero-order valence-corrected chi connectivity index (χ0v) is 12.6. The first kappa shape index (κ1) is 13.9. The van der Waals surface area contributed by atoms with Gasteiger partial charge in [-0.15, -0.1) is 0 Å². The summed E-state index contributed by atoms with van der Waals surface area (Å²) in [4.78, 5) is 0. The number of hydrogen-bond donors (Lipinski definition) is 1. The van der Waals surface area contributed by atoms with Crippen LogP contribution in [0.15, 0.2) is 6.20 Å². The number of hydrogen-bond acceptors (Lipinski definition) is 2. The third-order valence-electron chi connectivity index (χ3n) is 4.05. The molecule has 1 aliphatic carbocycles. The number of nitrogens with zero attached hydrogens (tertiary/aromatic N) is 2. The first-order valence-electron chi connectivity index (χ1n) is 6.95. The second kappa shape index (κ2) is 5.22. The molecule has 1 heterocycles. The summed E-state index contributed by atoms with van der Waals surface area (Å²) in [6, 6.07) is 0.981. The maximum absolute atomic E-state index is 6.38. The Balaban J connectivity index is 2.28. The van der Waals surface area contributed by atoms with Crippen LogP contribution < -0.4 is 5.32 Å². The van der Waals surface area contributed by atoms with Gasteiger partial charge >= 0.3 is 0 Å². The fourth-order valence-corrected chi connectivity index (χ4v) is 3.57. The van der Waals surface area contributed by atoms with Crippen LogP contribution in [0.1, 0.15) is 58.7 Å². The minimum absolute atomic E-state index is 0.157. The Morgan fingerprint density at radius 3 is 2.94 bits per heavy atom. The summed E-state index contributed by atoms with van der Waals surface area (Å²) in [6.45, 7) is 9.85. The molecule has 0 aromatic carbocycles. The molecule has 0 saturated heterocycles. The van der Waals surface area contributed by atoms with Gasteiger partial charge in [0.1, 0.15) is 0 Å². The highest BCUT2D eigenvalue weighted by Gasteiger charge is 2.40. The lowest BCUT2D eigenvalue weighted by Crippen LogP contribution is -2.30. The van der Waals surface area contributed by atoms with Crippen molar-refractivity contribution in [2.75, 3.05) is 6.54 Å². The zero-order valence-electron chi connectivity index (χ0n) is 11.8.